The number of ether oxygens (including phenoxy) is 2. The lowest BCUT2D eigenvalue weighted by atomic mass is 10.1. The zero-order chi connectivity index (χ0) is 23.1. The summed E-state index contributed by atoms with van der Waals surface area (Å²) in [5, 5.41) is 3.95. The first-order valence-corrected chi connectivity index (χ1v) is 11.3. The minimum atomic E-state index is -0.628. The molecule has 2 aromatic rings. The lowest BCUT2D eigenvalue weighted by molar-refractivity contribution is -0.121. The molecular weight excluding hydrogens is 449 g/mol. The Balaban J connectivity index is 1.37. The van der Waals surface area contributed by atoms with Crippen LogP contribution in [0.4, 0.5) is 20.6 Å². The zero-order valence-electron chi connectivity index (χ0n) is 17.6. The van der Waals surface area contributed by atoms with E-state index < -0.39 is 35.0 Å². The normalized spacial score (nSPS) is 21.3. The maximum atomic E-state index is 13.8. The van der Waals surface area contributed by atoms with Crippen LogP contribution in [0.25, 0.3) is 0 Å². The molecule has 2 unspecified atom stereocenters. The number of aryl methyl sites for hydroxylation is 1. The van der Waals surface area contributed by atoms with E-state index in [1.54, 1.807) is 36.6 Å². The smallest absolute Gasteiger partial charge is 0.332 e. The standard InChI is InChI=1S/C23H20FN3O5S/c1-13-10-15(3-4-16(13)24)27-22(29)21-17(6-9-33-21)26(23(27)30)12-20(28)25-14-2-5-18-19(11-14)32-8-7-31-18/h2-6,9-11,17,21H,7-8,12H2,1H3,(H,25,28). The van der Waals surface area contributed by atoms with Gasteiger partial charge in [0.25, 0.3) is 5.91 Å². The Morgan fingerprint density at radius 1 is 1.15 bits per heavy atom. The summed E-state index contributed by atoms with van der Waals surface area (Å²) in [6.45, 7) is 2.19. The van der Waals surface area contributed by atoms with Gasteiger partial charge in [0.05, 0.1) is 11.7 Å². The second kappa shape index (κ2) is 8.43. The molecule has 3 aliphatic rings. The van der Waals surface area contributed by atoms with E-state index in [-0.39, 0.29) is 12.2 Å². The minimum absolute atomic E-state index is 0.261. The van der Waals surface area contributed by atoms with Gasteiger partial charge in [-0.1, -0.05) is 6.08 Å². The highest BCUT2D eigenvalue weighted by molar-refractivity contribution is 8.03. The molecule has 0 radical (unpaired) electrons. The first-order chi connectivity index (χ1) is 15.9. The number of urea groups is 1. The molecule has 170 valence electrons. The summed E-state index contributed by atoms with van der Waals surface area (Å²) >= 11 is 1.29. The van der Waals surface area contributed by atoms with Gasteiger partial charge in [0, 0.05) is 11.8 Å². The van der Waals surface area contributed by atoms with Crippen molar-refractivity contribution in [2.24, 2.45) is 0 Å². The maximum Gasteiger partial charge on any atom is 0.332 e. The van der Waals surface area contributed by atoms with Crippen LogP contribution in [0.3, 0.4) is 0 Å². The van der Waals surface area contributed by atoms with Crippen molar-refractivity contribution in [1.29, 1.82) is 0 Å². The van der Waals surface area contributed by atoms with E-state index in [1.807, 2.05) is 0 Å². The minimum Gasteiger partial charge on any atom is -0.486 e. The molecule has 8 nitrogen and oxygen atoms in total. The molecule has 1 fully saturated rings. The fraction of sp³-hybridized carbons (Fsp3) is 0.261. The highest BCUT2D eigenvalue weighted by atomic mass is 32.2. The number of fused-ring (bicyclic) bond motifs is 2. The summed E-state index contributed by atoms with van der Waals surface area (Å²) in [5.74, 6) is -0.110. The summed E-state index contributed by atoms with van der Waals surface area (Å²) < 4.78 is 24.8. The Morgan fingerprint density at radius 3 is 2.73 bits per heavy atom. The van der Waals surface area contributed by atoms with Crippen LogP contribution in [0, 0.1) is 12.7 Å². The molecule has 0 spiro atoms. The number of benzene rings is 2. The Morgan fingerprint density at radius 2 is 1.94 bits per heavy atom. The molecule has 10 heteroatoms. The van der Waals surface area contributed by atoms with Crippen LogP contribution >= 0.6 is 11.8 Å². The number of anilines is 2. The third kappa shape index (κ3) is 3.91. The number of nitrogens with zero attached hydrogens (tertiary/aromatic N) is 2. The van der Waals surface area contributed by atoms with E-state index in [0.29, 0.717) is 36.0 Å². The molecule has 0 bridgehead atoms. The van der Waals surface area contributed by atoms with Crippen molar-refractivity contribution in [2.75, 3.05) is 30.0 Å². The second-order valence-electron chi connectivity index (χ2n) is 7.80. The van der Waals surface area contributed by atoms with Crippen LogP contribution < -0.4 is 19.7 Å². The number of hydrogen-bond donors (Lipinski definition) is 1. The first-order valence-electron chi connectivity index (χ1n) is 10.3. The van der Waals surface area contributed by atoms with Crippen molar-refractivity contribution >= 4 is 41.0 Å². The number of nitrogens with one attached hydrogen (secondary N) is 1. The van der Waals surface area contributed by atoms with E-state index >= 15 is 0 Å². The molecule has 0 aromatic heterocycles. The van der Waals surface area contributed by atoms with Crippen LogP contribution in [-0.2, 0) is 9.59 Å². The summed E-state index contributed by atoms with van der Waals surface area (Å²) in [4.78, 5) is 41.6. The number of carbonyl (C=O) groups is 3. The molecule has 5 rings (SSSR count). The van der Waals surface area contributed by atoms with Gasteiger partial charge in [0.2, 0.25) is 5.91 Å². The molecule has 2 aromatic carbocycles. The molecule has 2 atom stereocenters. The van der Waals surface area contributed by atoms with Crippen molar-refractivity contribution in [1.82, 2.24) is 4.90 Å². The first kappa shape index (κ1) is 21.3. The number of thioether (sulfide) groups is 1. The third-order valence-corrected chi connectivity index (χ3v) is 6.70. The van der Waals surface area contributed by atoms with Gasteiger partial charge >= 0.3 is 6.03 Å². The van der Waals surface area contributed by atoms with Crippen molar-refractivity contribution in [2.45, 2.75) is 18.2 Å². The number of carbonyl (C=O) groups excluding carboxylic acids is 3. The maximum absolute atomic E-state index is 13.8. The van der Waals surface area contributed by atoms with E-state index in [0.717, 1.165) is 4.90 Å². The molecular formula is C23H20FN3O5S. The number of imide groups is 1. The Labute approximate surface area is 193 Å². The van der Waals surface area contributed by atoms with Crippen molar-refractivity contribution in [3.05, 3.63) is 59.3 Å². The quantitative estimate of drug-likeness (QED) is 0.739. The van der Waals surface area contributed by atoms with Crippen LogP contribution in [0.15, 0.2) is 47.9 Å². The number of amides is 4. The average Bonchev–Trinajstić information content (AvgIpc) is 3.29. The Bertz CT molecular complexity index is 1190. The van der Waals surface area contributed by atoms with Gasteiger partial charge in [-0.15, -0.1) is 11.8 Å². The number of hydrogen-bond acceptors (Lipinski definition) is 6. The molecule has 1 N–H and O–H groups in total. The molecule has 0 aliphatic carbocycles. The van der Waals surface area contributed by atoms with Gasteiger partial charge in [-0.25, -0.2) is 14.1 Å². The predicted molar refractivity (Wildman–Crippen MR) is 121 cm³/mol. The van der Waals surface area contributed by atoms with Crippen molar-refractivity contribution in [3.63, 3.8) is 0 Å². The lowest BCUT2D eigenvalue weighted by Crippen LogP contribution is -2.63. The van der Waals surface area contributed by atoms with Gasteiger partial charge in [-0.2, -0.15) is 0 Å². The van der Waals surface area contributed by atoms with E-state index in [4.69, 9.17) is 9.47 Å². The fourth-order valence-corrected chi connectivity index (χ4v) is 5.04. The third-order valence-electron chi connectivity index (χ3n) is 5.61. The summed E-state index contributed by atoms with van der Waals surface area (Å²) in [6, 6.07) is 7.95. The zero-order valence-corrected chi connectivity index (χ0v) is 18.4. The summed E-state index contributed by atoms with van der Waals surface area (Å²) in [6.07, 6.45) is 1.75. The Hall–Kier alpha value is -3.53. The highest BCUT2D eigenvalue weighted by Crippen LogP contribution is 2.37. The Kier molecular flexibility index (Phi) is 5.45. The number of halogens is 1. The summed E-state index contributed by atoms with van der Waals surface area (Å²) in [7, 11) is 0. The molecule has 1 saturated heterocycles. The monoisotopic (exact) mass is 469 g/mol. The van der Waals surface area contributed by atoms with E-state index in [2.05, 4.69) is 5.32 Å². The SMILES string of the molecule is Cc1cc(N2C(=O)C3SC=CC3N(CC(=O)Nc3ccc4c(c3)OCCO4)C2=O)ccc1F. The second-order valence-corrected chi connectivity index (χ2v) is 8.85. The predicted octanol–water partition coefficient (Wildman–Crippen LogP) is 3.31. The van der Waals surface area contributed by atoms with Gasteiger partial charge in [0.15, 0.2) is 11.5 Å². The van der Waals surface area contributed by atoms with Crippen LogP contribution in [-0.4, -0.2) is 53.8 Å². The van der Waals surface area contributed by atoms with E-state index in [1.165, 1.54) is 34.9 Å². The fourth-order valence-electron chi connectivity index (χ4n) is 4.00. The molecule has 0 saturated carbocycles. The van der Waals surface area contributed by atoms with E-state index in [9.17, 15) is 18.8 Å². The van der Waals surface area contributed by atoms with Gasteiger partial charge in [-0.05, 0) is 48.2 Å². The molecule has 3 aliphatic heterocycles. The van der Waals surface area contributed by atoms with Gasteiger partial charge in [0.1, 0.15) is 30.8 Å². The highest BCUT2D eigenvalue weighted by Gasteiger charge is 2.48. The summed E-state index contributed by atoms with van der Waals surface area (Å²) in [5.41, 5.74) is 1.09. The van der Waals surface area contributed by atoms with Crippen LogP contribution in [0.2, 0.25) is 0 Å². The largest absolute Gasteiger partial charge is 0.486 e. The molecule has 3 heterocycles. The number of rotatable bonds is 4. The van der Waals surface area contributed by atoms with Gasteiger partial charge < -0.3 is 19.7 Å². The molecule has 4 amide bonds. The van der Waals surface area contributed by atoms with Crippen LogP contribution in [0.1, 0.15) is 5.56 Å². The topological polar surface area (TPSA) is 88.2 Å². The van der Waals surface area contributed by atoms with Gasteiger partial charge in [-0.3, -0.25) is 9.59 Å². The van der Waals surface area contributed by atoms with Crippen molar-refractivity contribution in [3.8, 4) is 11.5 Å². The van der Waals surface area contributed by atoms with Crippen molar-refractivity contribution < 1.29 is 28.2 Å². The average molecular weight is 469 g/mol. The lowest BCUT2D eigenvalue weighted by Gasteiger charge is -2.40. The van der Waals surface area contributed by atoms with Crippen LogP contribution in [0.5, 0.6) is 11.5 Å². The molecule has 33 heavy (non-hydrogen) atoms.